The van der Waals surface area contributed by atoms with Gasteiger partial charge in [-0.2, -0.15) is 5.10 Å². The number of Topliss-reactive ketones (excluding diaryl/α,β-unsaturated/α-hetero) is 1. The Bertz CT molecular complexity index is 961. The van der Waals surface area contributed by atoms with Crippen LogP contribution in [0.3, 0.4) is 0 Å². The van der Waals surface area contributed by atoms with Crippen molar-refractivity contribution in [2.75, 3.05) is 0 Å². The molecule has 0 radical (unpaired) electrons. The number of nitrogens with two attached hydrogens (primary N) is 1. The number of benzene rings is 1. The van der Waals surface area contributed by atoms with E-state index in [1.54, 1.807) is 43.4 Å². The topological polar surface area (TPSA) is 120 Å². The lowest BCUT2D eigenvalue weighted by Gasteiger charge is -2.16. The van der Waals surface area contributed by atoms with Gasteiger partial charge in [0.05, 0.1) is 11.8 Å². The number of primary amides is 1. The van der Waals surface area contributed by atoms with Crippen molar-refractivity contribution in [3.05, 3.63) is 66.1 Å². The van der Waals surface area contributed by atoms with Gasteiger partial charge in [0.1, 0.15) is 11.7 Å². The normalized spacial score (nSPS) is 11.7. The van der Waals surface area contributed by atoms with Gasteiger partial charge in [-0.05, 0) is 17.7 Å². The predicted molar refractivity (Wildman–Crippen MR) is 96.5 cm³/mol. The molecule has 8 nitrogen and oxygen atoms in total. The number of carbonyl (C=O) groups excluding carboxylic acids is 3. The minimum absolute atomic E-state index is 0.144. The number of hydrogen-bond donors (Lipinski definition) is 2. The smallest absolute Gasteiger partial charge is 0.287 e. The molecule has 2 amide bonds. The second kappa shape index (κ2) is 7.69. The van der Waals surface area contributed by atoms with Crippen LogP contribution in [0.1, 0.15) is 15.9 Å². The van der Waals surface area contributed by atoms with Crippen molar-refractivity contribution < 1.29 is 18.8 Å². The minimum atomic E-state index is -1.10. The molecular weight excluding hydrogens is 348 g/mol. The Labute approximate surface area is 155 Å². The summed E-state index contributed by atoms with van der Waals surface area (Å²) >= 11 is 0. The van der Waals surface area contributed by atoms with Crippen LogP contribution in [0.4, 0.5) is 0 Å². The number of aryl methyl sites for hydroxylation is 1. The maximum absolute atomic E-state index is 12.8. The second-order valence-corrected chi connectivity index (χ2v) is 5.99. The molecule has 1 aromatic carbocycles. The zero-order valence-corrected chi connectivity index (χ0v) is 14.6. The Morgan fingerprint density at radius 1 is 1.19 bits per heavy atom. The van der Waals surface area contributed by atoms with E-state index in [9.17, 15) is 14.4 Å². The van der Waals surface area contributed by atoms with E-state index in [0.717, 1.165) is 5.56 Å². The number of rotatable bonds is 7. The summed E-state index contributed by atoms with van der Waals surface area (Å²) in [7, 11) is 1.67. The lowest BCUT2D eigenvalue weighted by molar-refractivity contribution is -0.137. The molecule has 0 aliphatic carbocycles. The van der Waals surface area contributed by atoms with E-state index in [4.69, 9.17) is 10.2 Å². The Hall–Kier alpha value is -3.68. The van der Waals surface area contributed by atoms with E-state index in [1.807, 2.05) is 6.07 Å². The molecule has 0 spiro atoms. The number of amides is 2. The SMILES string of the molecule is Cn1cc(C(=O)NC(Cc2ccccc2)C(=O)C(N)=O)c(-c2ccco2)n1. The van der Waals surface area contributed by atoms with E-state index in [-0.39, 0.29) is 12.0 Å². The third-order valence-electron chi connectivity index (χ3n) is 3.98. The van der Waals surface area contributed by atoms with Gasteiger partial charge in [0, 0.05) is 19.7 Å². The fraction of sp³-hybridized carbons (Fsp3) is 0.158. The van der Waals surface area contributed by atoms with Crippen LogP contribution in [-0.4, -0.2) is 33.4 Å². The van der Waals surface area contributed by atoms with Crippen molar-refractivity contribution in [1.82, 2.24) is 15.1 Å². The Morgan fingerprint density at radius 3 is 2.56 bits per heavy atom. The van der Waals surface area contributed by atoms with Crippen LogP contribution in [0.2, 0.25) is 0 Å². The summed E-state index contributed by atoms with van der Waals surface area (Å²) in [6, 6.07) is 11.3. The van der Waals surface area contributed by atoms with Crippen LogP contribution in [-0.2, 0) is 23.1 Å². The monoisotopic (exact) mass is 366 g/mol. The highest BCUT2D eigenvalue weighted by molar-refractivity contribution is 6.38. The molecule has 138 valence electrons. The highest BCUT2D eigenvalue weighted by atomic mass is 16.3. The first-order chi connectivity index (χ1) is 13.0. The molecule has 3 N–H and O–H groups in total. The number of carbonyl (C=O) groups is 3. The van der Waals surface area contributed by atoms with Gasteiger partial charge in [0.25, 0.3) is 11.8 Å². The molecular formula is C19H18N4O4. The molecule has 2 heterocycles. The van der Waals surface area contributed by atoms with Gasteiger partial charge in [-0.3, -0.25) is 19.1 Å². The molecule has 0 aliphatic rings. The summed E-state index contributed by atoms with van der Waals surface area (Å²) in [5, 5.41) is 6.83. The third-order valence-corrected chi connectivity index (χ3v) is 3.98. The molecule has 0 bridgehead atoms. The Kier molecular flexibility index (Phi) is 5.16. The lowest BCUT2D eigenvalue weighted by atomic mass is 10.0. The molecule has 1 unspecified atom stereocenters. The van der Waals surface area contributed by atoms with Crippen LogP contribution >= 0.6 is 0 Å². The van der Waals surface area contributed by atoms with E-state index in [1.165, 1.54) is 17.1 Å². The van der Waals surface area contributed by atoms with E-state index in [2.05, 4.69) is 10.4 Å². The summed E-state index contributed by atoms with van der Waals surface area (Å²) in [5.41, 5.74) is 6.49. The van der Waals surface area contributed by atoms with Gasteiger partial charge >= 0.3 is 0 Å². The molecule has 27 heavy (non-hydrogen) atoms. The summed E-state index contributed by atoms with van der Waals surface area (Å²) in [6.45, 7) is 0. The van der Waals surface area contributed by atoms with Crippen molar-refractivity contribution in [2.45, 2.75) is 12.5 Å². The van der Waals surface area contributed by atoms with Gasteiger partial charge < -0.3 is 15.5 Å². The quantitative estimate of drug-likeness (QED) is 0.606. The molecule has 0 aliphatic heterocycles. The highest BCUT2D eigenvalue weighted by Crippen LogP contribution is 2.22. The first kappa shape index (κ1) is 18.1. The third kappa shape index (κ3) is 4.12. The number of furan rings is 1. The van der Waals surface area contributed by atoms with Crippen molar-refractivity contribution in [2.24, 2.45) is 12.8 Å². The molecule has 2 aromatic heterocycles. The largest absolute Gasteiger partial charge is 0.463 e. The van der Waals surface area contributed by atoms with Gasteiger partial charge in [0.15, 0.2) is 5.76 Å². The molecule has 3 aromatic rings. The number of ketones is 1. The van der Waals surface area contributed by atoms with E-state index in [0.29, 0.717) is 11.5 Å². The zero-order chi connectivity index (χ0) is 19.4. The Morgan fingerprint density at radius 2 is 1.93 bits per heavy atom. The van der Waals surface area contributed by atoms with Crippen molar-refractivity contribution in [3.63, 3.8) is 0 Å². The van der Waals surface area contributed by atoms with Crippen LogP contribution in [0.5, 0.6) is 0 Å². The van der Waals surface area contributed by atoms with Crippen molar-refractivity contribution >= 4 is 17.6 Å². The molecule has 8 heteroatoms. The maximum Gasteiger partial charge on any atom is 0.287 e. The van der Waals surface area contributed by atoms with Gasteiger partial charge in [0.2, 0.25) is 5.78 Å². The standard InChI is InChI=1S/C19H18N4O4/c1-23-11-13(16(22-23)15-8-5-9-27-15)19(26)21-14(17(24)18(20)25)10-12-6-3-2-4-7-12/h2-9,11,14H,10H2,1H3,(H2,20,25)(H,21,26). The van der Waals surface area contributed by atoms with Crippen LogP contribution in [0.25, 0.3) is 11.5 Å². The average Bonchev–Trinajstić information content (AvgIpc) is 3.30. The fourth-order valence-corrected chi connectivity index (χ4v) is 2.72. The van der Waals surface area contributed by atoms with Crippen molar-refractivity contribution in [3.8, 4) is 11.5 Å². The predicted octanol–water partition coefficient (Wildman–Crippen LogP) is 1.08. The van der Waals surface area contributed by atoms with Crippen LogP contribution in [0, 0.1) is 0 Å². The van der Waals surface area contributed by atoms with Crippen LogP contribution in [0.15, 0.2) is 59.3 Å². The first-order valence-electron chi connectivity index (χ1n) is 8.21. The van der Waals surface area contributed by atoms with Gasteiger partial charge in [-0.25, -0.2) is 0 Å². The first-order valence-corrected chi connectivity index (χ1v) is 8.21. The molecule has 0 saturated carbocycles. The summed E-state index contributed by atoms with van der Waals surface area (Å²) < 4.78 is 6.78. The summed E-state index contributed by atoms with van der Waals surface area (Å²) in [6.07, 6.45) is 3.13. The minimum Gasteiger partial charge on any atom is -0.463 e. The van der Waals surface area contributed by atoms with E-state index >= 15 is 0 Å². The van der Waals surface area contributed by atoms with Gasteiger partial charge in [-0.1, -0.05) is 30.3 Å². The molecule has 0 fully saturated rings. The molecule has 3 rings (SSSR count). The summed E-state index contributed by atoms with van der Waals surface area (Å²) in [5.74, 6) is -2.10. The molecule has 0 saturated heterocycles. The second-order valence-electron chi connectivity index (χ2n) is 5.99. The Balaban J connectivity index is 1.87. The average molecular weight is 366 g/mol. The van der Waals surface area contributed by atoms with Gasteiger partial charge in [-0.15, -0.1) is 0 Å². The van der Waals surface area contributed by atoms with E-state index < -0.39 is 23.6 Å². The van der Waals surface area contributed by atoms with Crippen LogP contribution < -0.4 is 11.1 Å². The summed E-state index contributed by atoms with van der Waals surface area (Å²) in [4.78, 5) is 36.4. The number of aromatic nitrogens is 2. The maximum atomic E-state index is 12.8. The number of nitrogens with one attached hydrogen (secondary N) is 1. The lowest BCUT2D eigenvalue weighted by Crippen LogP contribution is -2.47. The van der Waals surface area contributed by atoms with Crippen molar-refractivity contribution in [1.29, 1.82) is 0 Å². The zero-order valence-electron chi connectivity index (χ0n) is 14.6. The highest BCUT2D eigenvalue weighted by Gasteiger charge is 2.28. The number of nitrogens with zero attached hydrogens (tertiary/aromatic N) is 2. The molecule has 1 atom stereocenters. The fourth-order valence-electron chi connectivity index (χ4n) is 2.72. The number of hydrogen-bond acceptors (Lipinski definition) is 5.